The van der Waals surface area contributed by atoms with Crippen LogP contribution in [0.5, 0.6) is 0 Å². The summed E-state index contributed by atoms with van der Waals surface area (Å²) in [6, 6.07) is 2.33. The Balaban J connectivity index is 1.58. The highest BCUT2D eigenvalue weighted by Crippen LogP contribution is 2.41. The number of rotatable bonds is 13. The first-order valence-electron chi connectivity index (χ1n) is 24.2. The van der Waals surface area contributed by atoms with Gasteiger partial charge in [0.1, 0.15) is 30.5 Å². The number of cyclic esters (lactones) is 1. The van der Waals surface area contributed by atoms with Crippen LogP contribution in [0.3, 0.4) is 0 Å². The highest BCUT2D eigenvalue weighted by atomic mass is 16.7. The smallest absolute Gasteiger partial charge is 0.311 e. The van der Waals surface area contributed by atoms with Gasteiger partial charge in [0.2, 0.25) is 0 Å². The summed E-state index contributed by atoms with van der Waals surface area (Å²) in [6.07, 6.45) is -3.31. The number of aliphatic hydroxyl groups is 5. The second kappa shape index (κ2) is 23.3. The fraction of sp³-hybridized carbons (Fsp3) is 0.816. The van der Waals surface area contributed by atoms with E-state index in [1.54, 1.807) is 68.5 Å². The van der Waals surface area contributed by atoms with E-state index in [1.807, 2.05) is 19.1 Å². The van der Waals surface area contributed by atoms with Crippen molar-refractivity contribution in [1.82, 2.24) is 9.80 Å². The van der Waals surface area contributed by atoms with Crippen molar-refractivity contribution in [3.63, 3.8) is 0 Å². The molecule has 5 heterocycles. The highest BCUT2D eigenvalue weighted by molar-refractivity contribution is 5.91. The summed E-state index contributed by atoms with van der Waals surface area (Å²) in [5.41, 5.74) is -4.60. The second-order valence-corrected chi connectivity index (χ2v) is 20.3. The maximum Gasteiger partial charge on any atom is 0.311 e. The van der Waals surface area contributed by atoms with Crippen molar-refractivity contribution < 1.29 is 72.8 Å². The Bertz CT molecular complexity index is 1790. The van der Waals surface area contributed by atoms with Gasteiger partial charge in [-0.25, -0.2) is 0 Å². The topological polar surface area (TPSA) is 232 Å². The van der Waals surface area contributed by atoms with Crippen LogP contribution in [0, 0.1) is 23.7 Å². The van der Waals surface area contributed by atoms with Gasteiger partial charge in [-0.15, -0.1) is 0 Å². The van der Waals surface area contributed by atoms with Crippen LogP contribution in [0.1, 0.15) is 118 Å². The van der Waals surface area contributed by atoms with Crippen molar-refractivity contribution in [2.75, 3.05) is 40.4 Å². The van der Waals surface area contributed by atoms with E-state index in [0.717, 1.165) is 19.6 Å². The molecular formula is C49H81N3O15. The molecular weight excluding hydrogens is 871 g/mol. The molecule has 0 unspecified atom stereocenters. The second-order valence-electron chi connectivity index (χ2n) is 20.3. The monoisotopic (exact) mass is 952 g/mol. The summed E-state index contributed by atoms with van der Waals surface area (Å²) >= 11 is 0. The molecule has 0 radical (unpaired) electrons. The van der Waals surface area contributed by atoms with Gasteiger partial charge < -0.3 is 68.1 Å². The molecule has 4 fully saturated rings. The molecule has 0 spiro atoms. The molecule has 5 rings (SSSR count). The Morgan fingerprint density at radius 3 is 2.28 bits per heavy atom. The van der Waals surface area contributed by atoms with Crippen molar-refractivity contribution in [3.05, 3.63) is 36.3 Å². The van der Waals surface area contributed by atoms with Crippen molar-refractivity contribution in [3.8, 4) is 0 Å². The molecule has 382 valence electrons. The molecule has 18 nitrogen and oxygen atoms in total. The van der Waals surface area contributed by atoms with Crippen molar-refractivity contribution in [2.45, 2.75) is 192 Å². The maximum absolute atomic E-state index is 14.5. The van der Waals surface area contributed by atoms with Crippen LogP contribution in [-0.2, 0) is 38.1 Å². The normalized spacial score (nSPS) is 42.7. The molecule has 4 aliphatic heterocycles. The first-order chi connectivity index (χ1) is 31.5. The fourth-order valence-corrected chi connectivity index (χ4v) is 10.6. The predicted octanol–water partition coefficient (Wildman–Crippen LogP) is 4.04. The predicted molar refractivity (Wildman–Crippen MR) is 247 cm³/mol. The third-order valence-electron chi connectivity index (χ3n) is 14.8. The zero-order valence-electron chi connectivity index (χ0n) is 41.8. The first-order valence-corrected chi connectivity index (χ1v) is 24.2. The maximum atomic E-state index is 14.5. The molecule has 4 aliphatic rings. The minimum absolute atomic E-state index is 0.0578. The van der Waals surface area contributed by atoms with Crippen molar-refractivity contribution in [1.29, 1.82) is 0 Å². The third-order valence-corrected chi connectivity index (χ3v) is 14.8. The molecule has 0 bridgehead atoms. The van der Waals surface area contributed by atoms with E-state index < -0.39 is 120 Å². The Hall–Kier alpha value is -3.01. The van der Waals surface area contributed by atoms with Crippen LogP contribution in [0.25, 0.3) is 0 Å². The van der Waals surface area contributed by atoms with Gasteiger partial charge in [0, 0.05) is 44.9 Å². The van der Waals surface area contributed by atoms with Crippen molar-refractivity contribution in [2.24, 2.45) is 28.8 Å². The zero-order valence-corrected chi connectivity index (χ0v) is 41.8. The number of likely N-dealkylation sites (tertiary alicyclic amines) is 1. The molecule has 1 aromatic heterocycles. The quantitative estimate of drug-likeness (QED) is 0.0813. The van der Waals surface area contributed by atoms with Gasteiger partial charge in [0.15, 0.2) is 18.3 Å². The molecule has 5 N–H and O–H groups in total. The number of hydrogen-bond acceptors (Lipinski definition) is 17. The summed E-state index contributed by atoms with van der Waals surface area (Å²) < 4.78 is 43.4. The lowest BCUT2D eigenvalue weighted by molar-refractivity contribution is -0.317. The molecule has 18 atom stereocenters. The molecule has 18 heteroatoms. The molecule has 0 saturated carbocycles. The number of carbonyl (C=O) groups is 2. The Morgan fingerprint density at radius 1 is 0.970 bits per heavy atom. The minimum Gasteiger partial charge on any atom is -0.459 e. The zero-order chi connectivity index (χ0) is 49.6. The third kappa shape index (κ3) is 12.9. The van der Waals surface area contributed by atoms with E-state index in [1.165, 1.54) is 44.1 Å². The SMILES string of the molecule is CC[C@H]1OC(=O)[C@H](C)[C@@H](O[C@H]2C[C@@](C)(OC)[C@@H](O)[C@H](C)O2)[C@H](C)[C@@H](O[C@@H]2O[C@H](C)C[C@H](N(C)C(=O)c3ccco3)[C@H]2O)[C@@](C)(O)C[C@@H](C)/C(=N\OC/C=C/CN2CCCC2)[C@H](C)[C@@H](O)[C@]1(C)O. The number of carbonyl (C=O) groups excluding carboxylic acids is 2. The van der Waals surface area contributed by atoms with E-state index in [9.17, 15) is 35.1 Å². The van der Waals surface area contributed by atoms with Gasteiger partial charge in [-0.3, -0.25) is 14.5 Å². The van der Waals surface area contributed by atoms with Crippen LogP contribution >= 0.6 is 0 Å². The van der Waals surface area contributed by atoms with Crippen LogP contribution in [0.15, 0.2) is 40.1 Å². The number of nitrogens with zero attached hydrogens (tertiary/aromatic N) is 3. The number of esters is 1. The van der Waals surface area contributed by atoms with Crippen LogP contribution in [0.4, 0.5) is 0 Å². The van der Waals surface area contributed by atoms with E-state index in [2.05, 4.69) is 10.1 Å². The Labute approximate surface area is 396 Å². The van der Waals surface area contributed by atoms with E-state index in [-0.39, 0.29) is 38.1 Å². The van der Waals surface area contributed by atoms with Crippen molar-refractivity contribution >= 4 is 17.6 Å². The van der Waals surface area contributed by atoms with Gasteiger partial charge in [0.25, 0.3) is 5.91 Å². The Morgan fingerprint density at radius 2 is 1.66 bits per heavy atom. The van der Waals surface area contributed by atoms with Gasteiger partial charge in [-0.05, 0) is 105 Å². The van der Waals surface area contributed by atoms with E-state index in [0.29, 0.717) is 5.71 Å². The van der Waals surface area contributed by atoms with E-state index in [4.69, 9.17) is 37.7 Å². The van der Waals surface area contributed by atoms with Crippen LogP contribution in [0.2, 0.25) is 0 Å². The van der Waals surface area contributed by atoms with Gasteiger partial charge in [-0.2, -0.15) is 0 Å². The summed E-state index contributed by atoms with van der Waals surface area (Å²) in [5, 5.41) is 64.8. The number of oxime groups is 1. The average molecular weight is 952 g/mol. The number of ether oxygens (including phenoxy) is 6. The van der Waals surface area contributed by atoms with Crippen LogP contribution in [-0.4, -0.2) is 178 Å². The van der Waals surface area contributed by atoms with E-state index >= 15 is 0 Å². The minimum atomic E-state index is -1.98. The summed E-state index contributed by atoms with van der Waals surface area (Å²) in [5.74, 6) is -4.71. The first kappa shape index (κ1) is 54.9. The Kier molecular flexibility index (Phi) is 19.1. The molecule has 0 aliphatic carbocycles. The highest BCUT2D eigenvalue weighted by Gasteiger charge is 2.54. The molecule has 0 aromatic carbocycles. The summed E-state index contributed by atoms with van der Waals surface area (Å²) in [7, 11) is 3.04. The summed E-state index contributed by atoms with van der Waals surface area (Å²) in [6.45, 7) is 19.8. The average Bonchev–Trinajstić information content (AvgIpc) is 4.03. The number of furan rings is 1. The van der Waals surface area contributed by atoms with Crippen LogP contribution < -0.4 is 0 Å². The molecule has 1 aromatic rings. The summed E-state index contributed by atoms with van der Waals surface area (Å²) in [4.78, 5) is 37.6. The molecule has 67 heavy (non-hydrogen) atoms. The van der Waals surface area contributed by atoms with Gasteiger partial charge in [0.05, 0.1) is 65.7 Å². The molecule has 1 amide bonds. The number of amides is 1. The number of hydrogen-bond donors (Lipinski definition) is 5. The fourth-order valence-electron chi connectivity index (χ4n) is 10.6. The largest absolute Gasteiger partial charge is 0.459 e. The van der Waals surface area contributed by atoms with Gasteiger partial charge >= 0.3 is 5.97 Å². The lowest BCUT2D eigenvalue weighted by Gasteiger charge is -2.49. The van der Waals surface area contributed by atoms with Gasteiger partial charge in [-0.1, -0.05) is 38.9 Å². The molecule has 4 saturated heterocycles. The number of aliphatic hydroxyl groups excluding tert-OH is 3. The lowest BCUT2D eigenvalue weighted by Crippen LogP contribution is -2.61. The standard InChI is InChI=1S/C49H81N3O15/c1-13-36-49(10,59)41(54)30(4)38(50-62-24-17-16-22-52-20-14-15-21-52)28(2)26-47(8,58)43(67-46-39(53)34(25-29(3)63-46)51(11)44(56)35-19-18-23-61-35)31(5)40(32(6)45(57)65-36)66-37-27-48(9,60-12)42(55)33(7)64-37/h16-19,23,28-34,36-37,39-43,46,53-55,58-59H,13-15,20-22,24-27H2,1-12H3/b17-16+,50-38+/t28-,29-,30+,31+,32-,33+,34+,36-,37+,39-,40+,41-,42+,43-,46+,47+,48-,49-/m1/s1. The lowest BCUT2D eigenvalue weighted by atomic mass is 9.73. The number of methoxy groups -OCH3 is 1. The number of likely N-dealkylation sites (N-methyl/N-ethyl adjacent to an activating group) is 1.